The first-order valence-corrected chi connectivity index (χ1v) is 9.25. The highest BCUT2D eigenvalue weighted by Gasteiger charge is 2.25. The lowest BCUT2D eigenvalue weighted by molar-refractivity contribution is -0.126. The Hall–Kier alpha value is -0.570. The van der Waals surface area contributed by atoms with Gasteiger partial charge in [-0.1, -0.05) is 51.9 Å². The van der Waals surface area contributed by atoms with E-state index in [4.69, 9.17) is 5.73 Å². The molecule has 0 aromatic carbocycles. The van der Waals surface area contributed by atoms with Crippen LogP contribution in [0.2, 0.25) is 0 Å². The van der Waals surface area contributed by atoms with Crippen LogP contribution in [0.4, 0.5) is 0 Å². The van der Waals surface area contributed by atoms with Crippen LogP contribution in [0.1, 0.15) is 84.0 Å². The zero-order chi connectivity index (χ0) is 15.3. The van der Waals surface area contributed by atoms with Crippen molar-refractivity contribution in [2.75, 3.05) is 13.1 Å². The molecule has 1 fully saturated rings. The number of nitrogens with one attached hydrogen (secondary N) is 1. The summed E-state index contributed by atoms with van der Waals surface area (Å²) in [5, 5.41) is 3.13. The molecule has 1 aliphatic rings. The Morgan fingerprint density at radius 2 is 1.52 bits per heavy atom. The molecular formula is C18H36N2O. The topological polar surface area (TPSA) is 55.1 Å². The molecule has 3 N–H and O–H groups in total. The lowest BCUT2D eigenvalue weighted by Crippen LogP contribution is -2.34. The normalized spacial score (nSPS) is 22.2. The van der Waals surface area contributed by atoms with Gasteiger partial charge in [-0.25, -0.2) is 0 Å². The van der Waals surface area contributed by atoms with Crippen LogP contribution < -0.4 is 11.1 Å². The van der Waals surface area contributed by atoms with Gasteiger partial charge in [0.05, 0.1) is 0 Å². The number of amides is 1. The summed E-state index contributed by atoms with van der Waals surface area (Å²) in [4.78, 5) is 12.1. The number of carbonyl (C=O) groups excluding carboxylic acids is 1. The van der Waals surface area contributed by atoms with Crippen molar-refractivity contribution in [2.45, 2.75) is 84.0 Å². The second-order valence-corrected chi connectivity index (χ2v) is 6.72. The van der Waals surface area contributed by atoms with E-state index in [1.54, 1.807) is 0 Å². The van der Waals surface area contributed by atoms with E-state index in [0.717, 1.165) is 45.2 Å². The van der Waals surface area contributed by atoms with Gasteiger partial charge in [0.25, 0.3) is 0 Å². The summed E-state index contributed by atoms with van der Waals surface area (Å²) in [6.07, 6.45) is 14.9. The third-order valence-corrected chi connectivity index (χ3v) is 4.88. The summed E-state index contributed by atoms with van der Waals surface area (Å²) in [7, 11) is 0. The molecule has 1 rings (SSSR count). The highest BCUT2D eigenvalue weighted by Crippen LogP contribution is 2.28. The van der Waals surface area contributed by atoms with Crippen molar-refractivity contribution < 1.29 is 4.79 Å². The quantitative estimate of drug-likeness (QED) is 0.566. The van der Waals surface area contributed by atoms with Crippen molar-refractivity contribution in [2.24, 2.45) is 17.6 Å². The minimum atomic E-state index is 0.252. The Kier molecular flexibility index (Phi) is 10.6. The maximum atomic E-state index is 12.1. The third-order valence-electron chi connectivity index (χ3n) is 4.88. The molecule has 0 spiro atoms. The number of hydrogen-bond donors (Lipinski definition) is 2. The number of unbranched alkanes of at least 4 members (excludes halogenated alkanes) is 7. The molecule has 1 aliphatic carbocycles. The van der Waals surface area contributed by atoms with E-state index in [-0.39, 0.29) is 11.8 Å². The van der Waals surface area contributed by atoms with Crippen LogP contribution in [0.25, 0.3) is 0 Å². The largest absolute Gasteiger partial charge is 0.356 e. The molecule has 0 radical (unpaired) electrons. The Morgan fingerprint density at radius 1 is 0.952 bits per heavy atom. The minimum absolute atomic E-state index is 0.252. The van der Waals surface area contributed by atoms with Gasteiger partial charge in [-0.3, -0.25) is 4.79 Å². The average Bonchev–Trinajstić information content (AvgIpc) is 2.53. The molecule has 0 bridgehead atoms. The smallest absolute Gasteiger partial charge is 0.223 e. The maximum Gasteiger partial charge on any atom is 0.223 e. The molecule has 1 saturated carbocycles. The van der Waals surface area contributed by atoms with Crippen molar-refractivity contribution in [3.8, 4) is 0 Å². The summed E-state index contributed by atoms with van der Waals surface area (Å²) in [6, 6.07) is 0. The molecular weight excluding hydrogens is 260 g/mol. The molecule has 124 valence electrons. The molecule has 0 aliphatic heterocycles. The van der Waals surface area contributed by atoms with E-state index in [1.165, 1.54) is 44.9 Å². The van der Waals surface area contributed by atoms with Crippen molar-refractivity contribution in [3.05, 3.63) is 0 Å². The molecule has 0 aromatic heterocycles. The summed E-state index contributed by atoms with van der Waals surface area (Å²) in [6.45, 7) is 3.91. The van der Waals surface area contributed by atoms with Gasteiger partial charge in [0.1, 0.15) is 0 Å². The van der Waals surface area contributed by atoms with Crippen molar-refractivity contribution in [3.63, 3.8) is 0 Å². The molecule has 0 saturated heterocycles. The fourth-order valence-electron chi connectivity index (χ4n) is 3.28. The zero-order valence-electron chi connectivity index (χ0n) is 14.0. The first-order chi connectivity index (χ1) is 10.3. The van der Waals surface area contributed by atoms with Crippen LogP contribution >= 0.6 is 0 Å². The maximum absolute atomic E-state index is 12.1. The first kappa shape index (κ1) is 18.5. The van der Waals surface area contributed by atoms with E-state index >= 15 is 0 Å². The monoisotopic (exact) mass is 296 g/mol. The van der Waals surface area contributed by atoms with E-state index in [1.807, 2.05) is 0 Å². The zero-order valence-corrected chi connectivity index (χ0v) is 14.0. The summed E-state index contributed by atoms with van der Waals surface area (Å²) >= 11 is 0. The number of carbonyl (C=O) groups is 1. The number of rotatable bonds is 11. The van der Waals surface area contributed by atoms with Crippen LogP contribution in [-0.2, 0) is 4.79 Å². The van der Waals surface area contributed by atoms with E-state index in [2.05, 4.69) is 12.2 Å². The van der Waals surface area contributed by atoms with Gasteiger partial charge in [-0.2, -0.15) is 0 Å². The second-order valence-electron chi connectivity index (χ2n) is 6.72. The minimum Gasteiger partial charge on any atom is -0.356 e. The van der Waals surface area contributed by atoms with Crippen LogP contribution in [-0.4, -0.2) is 19.0 Å². The Bertz CT molecular complexity index is 260. The van der Waals surface area contributed by atoms with E-state index in [0.29, 0.717) is 5.92 Å². The predicted octanol–water partition coefficient (Wildman–Crippen LogP) is 4.01. The number of nitrogens with two attached hydrogens (primary N) is 1. The number of hydrogen-bond acceptors (Lipinski definition) is 2. The highest BCUT2D eigenvalue weighted by atomic mass is 16.1. The summed E-state index contributed by atoms with van der Waals surface area (Å²) in [5.74, 6) is 1.19. The van der Waals surface area contributed by atoms with Gasteiger partial charge in [-0.05, 0) is 44.6 Å². The Labute approximate surface area is 131 Å². The molecule has 0 heterocycles. The van der Waals surface area contributed by atoms with Crippen molar-refractivity contribution in [1.29, 1.82) is 0 Å². The molecule has 0 unspecified atom stereocenters. The second kappa shape index (κ2) is 12.0. The Morgan fingerprint density at radius 3 is 2.10 bits per heavy atom. The van der Waals surface area contributed by atoms with Gasteiger partial charge in [0, 0.05) is 12.5 Å². The molecule has 0 atom stereocenters. The third kappa shape index (κ3) is 8.45. The van der Waals surface area contributed by atoms with Gasteiger partial charge in [0.2, 0.25) is 5.91 Å². The lowest BCUT2D eigenvalue weighted by atomic mass is 9.81. The van der Waals surface area contributed by atoms with Gasteiger partial charge in [-0.15, -0.1) is 0 Å². The predicted molar refractivity (Wildman–Crippen MR) is 90.1 cm³/mol. The van der Waals surface area contributed by atoms with Gasteiger partial charge >= 0.3 is 0 Å². The van der Waals surface area contributed by atoms with Crippen molar-refractivity contribution >= 4 is 5.91 Å². The lowest BCUT2D eigenvalue weighted by Gasteiger charge is -2.26. The SMILES string of the molecule is CCCCCCCCCCNC(=O)C1CCC(CN)CC1. The molecule has 3 heteroatoms. The fourth-order valence-corrected chi connectivity index (χ4v) is 3.28. The molecule has 0 aromatic rings. The first-order valence-electron chi connectivity index (χ1n) is 9.25. The average molecular weight is 296 g/mol. The molecule has 21 heavy (non-hydrogen) atoms. The fraction of sp³-hybridized carbons (Fsp3) is 0.944. The van der Waals surface area contributed by atoms with Crippen molar-refractivity contribution in [1.82, 2.24) is 5.32 Å². The summed E-state index contributed by atoms with van der Waals surface area (Å²) < 4.78 is 0. The van der Waals surface area contributed by atoms with Crippen LogP contribution in [0.3, 0.4) is 0 Å². The summed E-state index contributed by atoms with van der Waals surface area (Å²) in [5.41, 5.74) is 5.69. The van der Waals surface area contributed by atoms with E-state index in [9.17, 15) is 4.79 Å². The highest BCUT2D eigenvalue weighted by molar-refractivity contribution is 5.78. The molecule has 1 amide bonds. The van der Waals surface area contributed by atoms with E-state index < -0.39 is 0 Å². The molecule has 3 nitrogen and oxygen atoms in total. The van der Waals surface area contributed by atoms with Crippen LogP contribution in [0.15, 0.2) is 0 Å². The Balaban J connectivity index is 1.92. The van der Waals surface area contributed by atoms with Crippen LogP contribution in [0, 0.1) is 11.8 Å². The van der Waals surface area contributed by atoms with Gasteiger partial charge < -0.3 is 11.1 Å². The standard InChI is InChI=1S/C18H36N2O/c1-2-3-4-5-6-7-8-9-14-20-18(21)17-12-10-16(15-19)11-13-17/h16-17H,2-15,19H2,1H3,(H,20,21). The van der Waals surface area contributed by atoms with Gasteiger partial charge in [0.15, 0.2) is 0 Å². The van der Waals surface area contributed by atoms with Crippen LogP contribution in [0.5, 0.6) is 0 Å².